The van der Waals surface area contributed by atoms with E-state index in [1.54, 1.807) is 13.8 Å². The van der Waals surface area contributed by atoms with Crippen LogP contribution in [-0.2, 0) is 19.1 Å². The van der Waals surface area contributed by atoms with Gasteiger partial charge in [0, 0.05) is 17.8 Å². The van der Waals surface area contributed by atoms with Crippen molar-refractivity contribution in [3.8, 4) is 0 Å². The van der Waals surface area contributed by atoms with Crippen LogP contribution in [0.5, 0.6) is 0 Å². The van der Waals surface area contributed by atoms with Crippen molar-refractivity contribution in [1.82, 2.24) is 0 Å². The lowest BCUT2D eigenvalue weighted by Crippen LogP contribution is -2.66. The first kappa shape index (κ1) is 41.8. The number of carboxylic acid groups (broad SMARTS) is 1. The summed E-state index contributed by atoms with van der Waals surface area (Å²) in [5.41, 5.74) is -0.400. The van der Waals surface area contributed by atoms with Crippen molar-refractivity contribution < 1.29 is 24.2 Å². The summed E-state index contributed by atoms with van der Waals surface area (Å²) >= 11 is 0. The monoisotopic (exact) mass is 661 g/mol. The highest BCUT2D eigenvalue weighted by Crippen LogP contribution is 2.75. The zero-order valence-electron chi connectivity index (χ0n) is 33.3. The van der Waals surface area contributed by atoms with Crippen LogP contribution in [-0.4, -0.2) is 29.4 Å². The average molecular weight is 661 g/mol. The van der Waals surface area contributed by atoms with Crippen LogP contribution in [0.4, 0.5) is 0 Å². The Morgan fingerprint density at radius 1 is 0.872 bits per heavy atom. The van der Waals surface area contributed by atoms with Gasteiger partial charge in [0.15, 0.2) is 0 Å². The number of aliphatic carboxylic acids is 1. The molecular weight excluding hydrogens is 584 g/mol. The molecule has 0 aromatic carbocycles. The normalized spacial score (nSPS) is 38.1. The molecule has 0 bridgehead atoms. The molecule has 5 nitrogen and oxygen atoms in total. The smallest absolute Gasteiger partial charge is 0.309 e. The number of carbonyl (C=O) groups excluding carboxylic acids is 2. The van der Waals surface area contributed by atoms with E-state index in [0.717, 1.165) is 25.7 Å². The Labute approximate surface area is 290 Å². The summed E-state index contributed by atoms with van der Waals surface area (Å²) in [6.45, 7) is 30.9. The standard InChI is InChI=1S/C38H64O5.2C2H6/c1-11-12-26(24(2)3)32-25(23-39)15-21-37(9)27(32)13-14-29-36(8)20-17-30(35(6,7)28(36)16-22-38(29,37)10)43-31(40)18-19-34(4,5)33(41)42;2*1-2/h23-30,32H,11-22H2,1-10H3,(H,41,42);2*1-2H3/t25-,26?,27?,28?,29?,30+,32?,36+,37-,38-;;/m1../s1. The van der Waals surface area contributed by atoms with Crippen molar-refractivity contribution in [2.75, 3.05) is 0 Å². The van der Waals surface area contributed by atoms with E-state index in [4.69, 9.17) is 4.74 Å². The van der Waals surface area contributed by atoms with E-state index in [2.05, 4.69) is 55.4 Å². The largest absolute Gasteiger partial charge is 0.481 e. The number of carboxylic acids is 1. The summed E-state index contributed by atoms with van der Waals surface area (Å²) in [6.07, 6.45) is 13.0. The van der Waals surface area contributed by atoms with Crippen LogP contribution in [0.25, 0.3) is 0 Å². The van der Waals surface area contributed by atoms with Gasteiger partial charge in [0.05, 0.1) is 5.41 Å². The third-order valence-corrected chi connectivity index (χ3v) is 14.8. The number of hydrogen-bond donors (Lipinski definition) is 1. The minimum Gasteiger partial charge on any atom is -0.481 e. The molecule has 0 amide bonds. The Morgan fingerprint density at radius 3 is 2.00 bits per heavy atom. The number of esters is 1. The lowest BCUT2D eigenvalue weighted by atomic mass is 9.32. The van der Waals surface area contributed by atoms with E-state index >= 15 is 0 Å². The highest BCUT2D eigenvalue weighted by molar-refractivity contribution is 5.75. The maximum absolute atomic E-state index is 13.0. The van der Waals surface area contributed by atoms with Crippen molar-refractivity contribution in [2.45, 2.75) is 180 Å². The summed E-state index contributed by atoms with van der Waals surface area (Å²) in [5.74, 6) is 2.50. The highest BCUT2D eigenvalue weighted by atomic mass is 16.5. The molecular formula is C42H76O5. The van der Waals surface area contributed by atoms with Gasteiger partial charge in [-0.1, -0.05) is 95.9 Å². The molecule has 0 aliphatic heterocycles. The van der Waals surface area contributed by atoms with Crippen molar-refractivity contribution >= 4 is 18.2 Å². The summed E-state index contributed by atoms with van der Waals surface area (Å²) in [7, 11) is 0. The zero-order valence-corrected chi connectivity index (χ0v) is 33.3. The number of aldehydes is 1. The summed E-state index contributed by atoms with van der Waals surface area (Å²) < 4.78 is 6.19. The fourth-order valence-corrected chi connectivity index (χ4v) is 12.0. The molecule has 0 spiro atoms. The summed E-state index contributed by atoms with van der Waals surface area (Å²) in [6, 6.07) is 0. The van der Waals surface area contributed by atoms with Crippen LogP contribution >= 0.6 is 0 Å². The molecule has 0 aromatic heterocycles. The second-order valence-corrected chi connectivity index (χ2v) is 17.8. The van der Waals surface area contributed by atoms with Crippen molar-refractivity contribution in [1.29, 1.82) is 0 Å². The SMILES string of the molecule is CC.CC.CCCC(C(C)C)C1C2CCC3[C@@]4(C)CC[C@H](OC(=O)CCC(C)(C)C(=O)O)C(C)(C)C4CC[C@@]3(C)[C@]2(C)CC[C@@H]1C=O. The molecule has 4 rings (SSSR count). The quantitative estimate of drug-likeness (QED) is 0.186. The summed E-state index contributed by atoms with van der Waals surface area (Å²) in [5, 5.41) is 9.47. The number of carbonyl (C=O) groups is 3. The van der Waals surface area contributed by atoms with E-state index in [-0.39, 0.29) is 52.5 Å². The van der Waals surface area contributed by atoms with Gasteiger partial charge >= 0.3 is 11.9 Å². The molecule has 47 heavy (non-hydrogen) atoms. The summed E-state index contributed by atoms with van der Waals surface area (Å²) in [4.78, 5) is 37.0. The van der Waals surface area contributed by atoms with Crippen molar-refractivity contribution in [2.24, 2.45) is 68.5 Å². The lowest BCUT2D eigenvalue weighted by molar-refractivity contribution is -0.246. The van der Waals surface area contributed by atoms with E-state index in [0.29, 0.717) is 35.5 Å². The van der Waals surface area contributed by atoms with Crippen LogP contribution in [0, 0.1) is 68.5 Å². The number of hydrogen-bond acceptors (Lipinski definition) is 4. The molecule has 0 heterocycles. The molecule has 4 aliphatic carbocycles. The molecule has 4 saturated carbocycles. The Bertz CT molecular complexity index is 1050. The van der Waals surface area contributed by atoms with Gasteiger partial charge < -0.3 is 14.6 Å². The molecule has 4 aliphatic rings. The number of rotatable bonds is 10. The lowest BCUT2D eigenvalue weighted by Gasteiger charge is -2.72. The van der Waals surface area contributed by atoms with Gasteiger partial charge in [-0.25, -0.2) is 0 Å². The molecule has 5 unspecified atom stereocenters. The first-order valence-electron chi connectivity index (χ1n) is 19.8. The average Bonchev–Trinajstić information content (AvgIpc) is 3.02. The maximum Gasteiger partial charge on any atom is 0.309 e. The van der Waals surface area contributed by atoms with Gasteiger partial charge in [0.25, 0.3) is 0 Å². The first-order chi connectivity index (χ1) is 21.9. The first-order valence-corrected chi connectivity index (χ1v) is 19.8. The number of fused-ring (bicyclic) bond motifs is 5. The highest BCUT2D eigenvalue weighted by Gasteiger charge is 2.69. The predicted molar refractivity (Wildman–Crippen MR) is 195 cm³/mol. The second kappa shape index (κ2) is 16.1. The van der Waals surface area contributed by atoms with Gasteiger partial charge in [-0.15, -0.1) is 0 Å². The minimum absolute atomic E-state index is 0.129. The Kier molecular flexibility index (Phi) is 14.3. The fourth-order valence-electron chi connectivity index (χ4n) is 12.0. The van der Waals surface area contributed by atoms with Gasteiger partial charge in [0.2, 0.25) is 0 Å². The van der Waals surface area contributed by atoms with Crippen LogP contribution in [0.3, 0.4) is 0 Å². The maximum atomic E-state index is 13.0. The van der Waals surface area contributed by atoms with Crippen LogP contribution in [0.1, 0.15) is 174 Å². The van der Waals surface area contributed by atoms with Crippen LogP contribution < -0.4 is 0 Å². The van der Waals surface area contributed by atoms with Crippen molar-refractivity contribution in [3.63, 3.8) is 0 Å². The van der Waals surface area contributed by atoms with E-state index in [1.165, 1.54) is 44.8 Å². The molecule has 0 radical (unpaired) electrons. The van der Waals surface area contributed by atoms with Gasteiger partial charge in [-0.2, -0.15) is 0 Å². The van der Waals surface area contributed by atoms with Crippen molar-refractivity contribution in [3.05, 3.63) is 0 Å². The molecule has 1 N–H and O–H groups in total. The Balaban J connectivity index is 0.00000185. The minimum atomic E-state index is -0.932. The predicted octanol–water partition coefficient (Wildman–Crippen LogP) is 11.4. The topological polar surface area (TPSA) is 80.7 Å². The van der Waals surface area contributed by atoms with Gasteiger partial charge in [0.1, 0.15) is 12.4 Å². The third kappa shape index (κ3) is 7.54. The van der Waals surface area contributed by atoms with E-state index < -0.39 is 11.4 Å². The Morgan fingerprint density at radius 2 is 1.47 bits per heavy atom. The zero-order chi connectivity index (χ0) is 36.2. The molecule has 0 aromatic rings. The van der Waals surface area contributed by atoms with Gasteiger partial charge in [-0.3, -0.25) is 9.59 Å². The van der Waals surface area contributed by atoms with E-state index in [9.17, 15) is 19.5 Å². The second-order valence-electron chi connectivity index (χ2n) is 17.8. The van der Waals surface area contributed by atoms with Crippen LogP contribution in [0.2, 0.25) is 0 Å². The molecule has 5 heteroatoms. The van der Waals surface area contributed by atoms with Crippen LogP contribution in [0.15, 0.2) is 0 Å². The number of ether oxygens (including phenoxy) is 1. The third-order valence-electron chi connectivity index (χ3n) is 14.8. The molecule has 4 fully saturated rings. The Hall–Kier alpha value is -1.39. The fraction of sp³-hybridized carbons (Fsp3) is 0.929. The molecule has 0 saturated heterocycles. The van der Waals surface area contributed by atoms with Gasteiger partial charge in [-0.05, 0) is 123 Å². The van der Waals surface area contributed by atoms with E-state index in [1.807, 2.05) is 27.7 Å². The molecule has 10 atom stereocenters. The molecule has 274 valence electrons.